The Morgan fingerprint density at radius 2 is 2.00 bits per heavy atom. The minimum Gasteiger partial charge on any atom is -0.515 e. The third kappa shape index (κ3) is 2.11. The highest BCUT2D eigenvalue weighted by molar-refractivity contribution is 6.04. The molecule has 0 bridgehead atoms. The summed E-state index contributed by atoms with van der Waals surface area (Å²) in [5, 5.41) is 8.25. The highest BCUT2D eigenvalue weighted by Gasteiger charge is 2.06. The largest absolute Gasteiger partial charge is 0.515 e. The molecular formula is C9H6F2O2. The fourth-order valence-corrected chi connectivity index (χ4v) is 0.813. The number of hydrogen-bond donors (Lipinski definition) is 1. The van der Waals surface area contributed by atoms with Gasteiger partial charge in [0.2, 0.25) is 0 Å². The number of halogens is 2. The van der Waals surface area contributed by atoms with Gasteiger partial charge in [-0.15, -0.1) is 0 Å². The molecule has 0 heterocycles. The third-order valence-corrected chi connectivity index (χ3v) is 1.43. The smallest absolute Gasteiger partial charge is 0.188 e. The maximum Gasteiger partial charge on any atom is 0.188 e. The molecule has 1 aromatic carbocycles. The highest BCUT2D eigenvalue weighted by atomic mass is 19.2. The summed E-state index contributed by atoms with van der Waals surface area (Å²) in [5.74, 6) is -2.68. The first kappa shape index (κ1) is 9.38. The zero-order chi connectivity index (χ0) is 9.84. The van der Waals surface area contributed by atoms with Crippen LogP contribution in [0.15, 0.2) is 30.5 Å². The van der Waals surface area contributed by atoms with Gasteiger partial charge in [0.1, 0.15) is 0 Å². The second-order valence-corrected chi connectivity index (χ2v) is 2.31. The highest BCUT2D eigenvalue weighted by Crippen LogP contribution is 2.09. The topological polar surface area (TPSA) is 37.3 Å². The molecule has 0 saturated carbocycles. The fourth-order valence-electron chi connectivity index (χ4n) is 0.813. The molecule has 68 valence electrons. The van der Waals surface area contributed by atoms with Gasteiger partial charge in [-0.25, -0.2) is 8.78 Å². The van der Waals surface area contributed by atoms with Crippen LogP contribution in [0.5, 0.6) is 0 Å². The Morgan fingerprint density at radius 1 is 1.31 bits per heavy atom. The number of benzene rings is 1. The van der Waals surface area contributed by atoms with Gasteiger partial charge in [-0.05, 0) is 18.2 Å². The van der Waals surface area contributed by atoms with E-state index in [1.165, 1.54) is 0 Å². The van der Waals surface area contributed by atoms with Crippen LogP contribution < -0.4 is 0 Å². The number of rotatable bonds is 2. The Morgan fingerprint density at radius 3 is 2.54 bits per heavy atom. The zero-order valence-corrected chi connectivity index (χ0v) is 6.50. The molecule has 2 nitrogen and oxygen atoms in total. The molecule has 4 heteroatoms. The number of carbonyl (C=O) groups is 1. The van der Waals surface area contributed by atoms with Gasteiger partial charge in [0, 0.05) is 11.6 Å². The average Bonchev–Trinajstić information content (AvgIpc) is 2.10. The van der Waals surface area contributed by atoms with Crippen molar-refractivity contribution < 1.29 is 18.7 Å². The molecular weight excluding hydrogens is 178 g/mol. The van der Waals surface area contributed by atoms with Gasteiger partial charge >= 0.3 is 0 Å². The lowest BCUT2D eigenvalue weighted by molar-refractivity contribution is 0.104. The van der Waals surface area contributed by atoms with E-state index in [4.69, 9.17) is 5.11 Å². The summed E-state index contributed by atoms with van der Waals surface area (Å²) >= 11 is 0. The van der Waals surface area contributed by atoms with E-state index >= 15 is 0 Å². The molecule has 1 aromatic rings. The van der Waals surface area contributed by atoms with E-state index in [1.54, 1.807) is 0 Å². The summed E-state index contributed by atoms with van der Waals surface area (Å²) in [4.78, 5) is 11.0. The Bertz CT molecular complexity index is 359. The standard InChI is InChI=1S/C9H6F2O2/c10-7-2-1-6(5-8(7)11)9(13)3-4-12/h1-5,12H. The molecule has 0 saturated heterocycles. The van der Waals surface area contributed by atoms with E-state index in [1.807, 2.05) is 0 Å². The van der Waals surface area contributed by atoms with Crippen LogP contribution in [0.3, 0.4) is 0 Å². The third-order valence-electron chi connectivity index (χ3n) is 1.43. The summed E-state index contributed by atoms with van der Waals surface area (Å²) in [6.07, 6.45) is 1.40. The van der Waals surface area contributed by atoms with Crippen molar-refractivity contribution in [1.82, 2.24) is 0 Å². The van der Waals surface area contributed by atoms with Crippen LogP contribution in [0.4, 0.5) is 8.78 Å². The van der Waals surface area contributed by atoms with Gasteiger partial charge in [-0.2, -0.15) is 0 Å². The van der Waals surface area contributed by atoms with Crippen LogP contribution in [-0.4, -0.2) is 10.9 Å². The van der Waals surface area contributed by atoms with Gasteiger partial charge < -0.3 is 5.11 Å². The molecule has 0 fully saturated rings. The number of hydrogen-bond acceptors (Lipinski definition) is 2. The molecule has 0 aromatic heterocycles. The summed E-state index contributed by atoms with van der Waals surface area (Å²) in [6, 6.07) is 2.77. The van der Waals surface area contributed by atoms with Gasteiger partial charge in [0.05, 0.1) is 6.26 Å². The van der Waals surface area contributed by atoms with Crippen LogP contribution in [0, 0.1) is 11.6 Å². The molecule has 0 radical (unpaired) electrons. The molecule has 1 N–H and O–H groups in total. The number of aliphatic hydroxyl groups excluding tert-OH is 1. The maximum atomic E-state index is 12.6. The first-order valence-electron chi connectivity index (χ1n) is 3.45. The number of carbonyl (C=O) groups excluding carboxylic acids is 1. The second kappa shape index (κ2) is 3.80. The van der Waals surface area contributed by atoms with Crippen LogP contribution in [-0.2, 0) is 0 Å². The SMILES string of the molecule is O=C(C=CO)c1ccc(F)c(F)c1. The first-order valence-corrected chi connectivity index (χ1v) is 3.45. The van der Waals surface area contributed by atoms with E-state index in [2.05, 4.69) is 0 Å². The van der Waals surface area contributed by atoms with E-state index in [9.17, 15) is 13.6 Å². The summed E-state index contributed by atoms with van der Waals surface area (Å²) in [6.45, 7) is 0. The molecule has 0 spiro atoms. The van der Waals surface area contributed by atoms with Gasteiger partial charge in [-0.3, -0.25) is 4.79 Å². The lowest BCUT2D eigenvalue weighted by atomic mass is 10.1. The van der Waals surface area contributed by atoms with Crippen molar-refractivity contribution in [3.05, 3.63) is 47.7 Å². The Balaban J connectivity index is 3.04. The molecule has 0 amide bonds. The quantitative estimate of drug-likeness (QED) is 0.434. The van der Waals surface area contributed by atoms with Crippen molar-refractivity contribution in [3.8, 4) is 0 Å². The number of allylic oxidation sites excluding steroid dienone is 1. The van der Waals surface area contributed by atoms with Crippen molar-refractivity contribution in [2.45, 2.75) is 0 Å². The molecule has 0 unspecified atom stereocenters. The fraction of sp³-hybridized carbons (Fsp3) is 0. The minimum atomic E-state index is -1.09. The van der Waals surface area contributed by atoms with Crippen molar-refractivity contribution in [2.24, 2.45) is 0 Å². The van der Waals surface area contributed by atoms with E-state index in [0.717, 1.165) is 24.3 Å². The molecule has 13 heavy (non-hydrogen) atoms. The van der Waals surface area contributed by atoms with Crippen LogP contribution in [0.25, 0.3) is 0 Å². The van der Waals surface area contributed by atoms with E-state index < -0.39 is 17.4 Å². The lowest BCUT2D eigenvalue weighted by Crippen LogP contribution is -1.96. The van der Waals surface area contributed by atoms with Gasteiger partial charge in [0.15, 0.2) is 17.4 Å². The maximum absolute atomic E-state index is 12.6. The Labute approximate surface area is 73.1 Å². The number of ketones is 1. The minimum absolute atomic E-state index is 0.01000. The first-order chi connectivity index (χ1) is 6.15. The van der Waals surface area contributed by atoms with Gasteiger partial charge in [-0.1, -0.05) is 0 Å². The van der Waals surface area contributed by atoms with Gasteiger partial charge in [0.25, 0.3) is 0 Å². The molecule has 1 rings (SSSR count). The van der Waals surface area contributed by atoms with E-state index in [0.29, 0.717) is 6.26 Å². The number of aliphatic hydroxyl groups is 1. The average molecular weight is 184 g/mol. The predicted molar refractivity (Wildman–Crippen MR) is 42.5 cm³/mol. The lowest BCUT2D eigenvalue weighted by Gasteiger charge is -1.96. The van der Waals surface area contributed by atoms with Crippen molar-refractivity contribution >= 4 is 5.78 Å². The van der Waals surface area contributed by atoms with E-state index in [-0.39, 0.29) is 5.56 Å². The van der Waals surface area contributed by atoms with Crippen LogP contribution in [0.1, 0.15) is 10.4 Å². The Hall–Kier alpha value is -1.71. The normalized spacial score (nSPS) is 10.6. The second-order valence-electron chi connectivity index (χ2n) is 2.31. The predicted octanol–water partition coefficient (Wildman–Crippen LogP) is 2.22. The van der Waals surface area contributed by atoms with Crippen LogP contribution in [0.2, 0.25) is 0 Å². The summed E-state index contributed by atoms with van der Waals surface area (Å²) in [5.41, 5.74) is -0.01000. The van der Waals surface area contributed by atoms with Crippen LogP contribution >= 0.6 is 0 Å². The molecule has 0 aliphatic rings. The van der Waals surface area contributed by atoms with Crippen molar-refractivity contribution in [2.75, 3.05) is 0 Å². The van der Waals surface area contributed by atoms with Crippen molar-refractivity contribution in [3.63, 3.8) is 0 Å². The Kier molecular flexibility index (Phi) is 2.74. The molecule has 0 aliphatic carbocycles. The zero-order valence-electron chi connectivity index (χ0n) is 6.50. The monoisotopic (exact) mass is 184 g/mol. The molecule has 0 aliphatic heterocycles. The summed E-state index contributed by atoms with van der Waals surface area (Å²) < 4.78 is 25.0. The molecule has 0 atom stereocenters. The summed E-state index contributed by atoms with van der Waals surface area (Å²) in [7, 11) is 0. The van der Waals surface area contributed by atoms with Crippen molar-refractivity contribution in [1.29, 1.82) is 0 Å².